The summed E-state index contributed by atoms with van der Waals surface area (Å²) in [5, 5.41) is 13.4. The van der Waals surface area contributed by atoms with Gasteiger partial charge in [-0.2, -0.15) is 11.8 Å². The van der Waals surface area contributed by atoms with Crippen LogP contribution >= 0.6 is 11.8 Å². The van der Waals surface area contributed by atoms with Gasteiger partial charge in [0.15, 0.2) is 0 Å². The molecular formula is C9H17NOS. The molecular weight excluding hydrogens is 170 g/mol. The molecule has 1 N–H and O–H groups in total. The number of hydrogen-bond acceptors (Lipinski definition) is 3. The second kappa shape index (κ2) is 4.17. The van der Waals surface area contributed by atoms with Gasteiger partial charge in [-0.25, -0.2) is 0 Å². The fourth-order valence-electron chi connectivity index (χ4n) is 1.74. The molecule has 3 atom stereocenters. The number of thioether (sulfide) groups is 1. The summed E-state index contributed by atoms with van der Waals surface area (Å²) in [5.74, 6) is 0.446. The predicted octanol–water partition coefficient (Wildman–Crippen LogP) is 2.76. The van der Waals surface area contributed by atoms with E-state index in [1.165, 1.54) is 0 Å². The Morgan fingerprint density at radius 2 is 2.25 bits per heavy atom. The molecule has 0 aromatic heterocycles. The fraction of sp³-hybridized carbons (Fsp3) is 0.889. The summed E-state index contributed by atoms with van der Waals surface area (Å²) < 4.78 is 0. The minimum atomic E-state index is 0.446. The summed E-state index contributed by atoms with van der Waals surface area (Å²) in [6, 6.07) is 0. The lowest BCUT2D eigenvalue weighted by Gasteiger charge is -2.32. The first-order valence-corrected chi connectivity index (χ1v) is 5.49. The van der Waals surface area contributed by atoms with Crippen LogP contribution in [-0.2, 0) is 0 Å². The maximum absolute atomic E-state index is 8.77. The average Bonchev–Trinajstić information content (AvgIpc) is 2.08. The van der Waals surface area contributed by atoms with E-state index in [1.54, 1.807) is 0 Å². The van der Waals surface area contributed by atoms with Crippen molar-refractivity contribution in [1.82, 2.24) is 0 Å². The second-order valence-corrected chi connectivity index (χ2v) is 5.16. The molecule has 0 amide bonds. The molecule has 1 aliphatic rings. The molecule has 0 aromatic carbocycles. The SMILES string of the molecule is CCC1SC(C)C/C(=N/O)C1C. The lowest BCUT2D eigenvalue weighted by Crippen LogP contribution is -2.32. The molecule has 1 saturated heterocycles. The molecule has 2 nitrogen and oxygen atoms in total. The van der Waals surface area contributed by atoms with Crippen molar-refractivity contribution in [2.75, 3.05) is 0 Å². The second-order valence-electron chi connectivity index (χ2n) is 3.48. The Balaban J connectivity index is 2.68. The Morgan fingerprint density at radius 3 is 2.75 bits per heavy atom. The maximum atomic E-state index is 8.77. The standard InChI is InChI=1S/C9H17NOS/c1-4-9-7(3)8(10-11)5-6(2)12-9/h6-7,9,11H,4-5H2,1-3H3/b10-8-. The lowest BCUT2D eigenvalue weighted by atomic mass is 9.95. The van der Waals surface area contributed by atoms with Gasteiger partial charge in [0.1, 0.15) is 0 Å². The molecule has 12 heavy (non-hydrogen) atoms. The van der Waals surface area contributed by atoms with E-state index in [-0.39, 0.29) is 0 Å². The molecule has 0 saturated carbocycles. The van der Waals surface area contributed by atoms with Crippen LogP contribution in [0.4, 0.5) is 0 Å². The van der Waals surface area contributed by atoms with E-state index < -0.39 is 0 Å². The van der Waals surface area contributed by atoms with E-state index in [1.807, 2.05) is 11.8 Å². The highest BCUT2D eigenvalue weighted by Crippen LogP contribution is 2.35. The van der Waals surface area contributed by atoms with Crippen molar-refractivity contribution in [3.63, 3.8) is 0 Å². The smallest absolute Gasteiger partial charge is 0.0620 e. The first-order chi connectivity index (χ1) is 5.69. The third-order valence-corrected chi connectivity index (χ3v) is 4.24. The normalized spacial score (nSPS) is 40.2. The van der Waals surface area contributed by atoms with Gasteiger partial charge in [-0.15, -0.1) is 0 Å². The zero-order valence-corrected chi connectivity index (χ0v) is 8.77. The Morgan fingerprint density at radius 1 is 1.58 bits per heavy atom. The van der Waals surface area contributed by atoms with E-state index in [0.717, 1.165) is 18.6 Å². The van der Waals surface area contributed by atoms with Crippen LogP contribution in [0.15, 0.2) is 5.16 Å². The monoisotopic (exact) mass is 187 g/mol. The minimum absolute atomic E-state index is 0.446. The van der Waals surface area contributed by atoms with Crippen molar-refractivity contribution >= 4 is 17.5 Å². The number of nitrogens with zero attached hydrogens (tertiary/aromatic N) is 1. The van der Waals surface area contributed by atoms with Crippen LogP contribution in [0.3, 0.4) is 0 Å². The summed E-state index contributed by atoms with van der Waals surface area (Å²) >= 11 is 2.02. The van der Waals surface area contributed by atoms with Gasteiger partial charge >= 0.3 is 0 Å². The van der Waals surface area contributed by atoms with Crippen LogP contribution in [0.25, 0.3) is 0 Å². The molecule has 1 heterocycles. The third kappa shape index (κ3) is 1.94. The van der Waals surface area contributed by atoms with Crippen LogP contribution in [0.5, 0.6) is 0 Å². The van der Waals surface area contributed by atoms with Gasteiger partial charge in [0.05, 0.1) is 5.71 Å². The van der Waals surface area contributed by atoms with Gasteiger partial charge < -0.3 is 5.21 Å². The van der Waals surface area contributed by atoms with Crippen LogP contribution in [0.1, 0.15) is 33.6 Å². The lowest BCUT2D eigenvalue weighted by molar-refractivity contribution is 0.312. The van der Waals surface area contributed by atoms with Crippen LogP contribution in [0.2, 0.25) is 0 Å². The molecule has 1 fully saturated rings. The Hall–Kier alpha value is -0.180. The summed E-state index contributed by atoms with van der Waals surface area (Å²) in [6.07, 6.45) is 2.11. The van der Waals surface area contributed by atoms with E-state index in [4.69, 9.17) is 5.21 Å². The number of rotatable bonds is 1. The molecule has 0 radical (unpaired) electrons. The maximum Gasteiger partial charge on any atom is 0.0620 e. The summed E-state index contributed by atoms with van der Waals surface area (Å²) in [4.78, 5) is 0. The van der Waals surface area contributed by atoms with Gasteiger partial charge in [-0.1, -0.05) is 25.9 Å². The van der Waals surface area contributed by atoms with Crippen molar-refractivity contribution in [3.05, 3.63) is 0 Å². The van der Waals surface area contributed by atoms with Gasteiger partial charge in [-0.3, -0.25) is 0 Å². The molecule has 1 aliphatic heterocycles. The molecule has 0 aliphatic carbocycles. The predicted molar refractivity (Wildman–Crippen MR) is 54.1 cm³/mol. The van der Waals surface area contributed by atoms with Gasteiger partial charge in [0.2, 0.25) is 0 Å². The first kappa shape index (κ1) is 9.90. The van der Waals surface area contributed by atoms with E-state index in [0.29, 0.717) is 16.4 Å². The highest BCUT2D eigenvalue weighted by Gasteiger charge is 2.29. The topological polar surface area (TPSA) is 32.6 Å². The van der Waals surface area contributed by atoms with E-state index in [2.05, 4.69) is 25.9 Å². The zero-order chi connectivity index (χ0) is 9.14. The fourth-order valence-corrected chi connectivity index (χ4v) is 3.19. The van der Waals surface area contributed by atoms with Crippen LogP contribution in [-0.4, -0.2) is 21.4 Å². The summed E-state index contributed by atoms with van der Waals surface area (Å²) in [7, 11) is 0. The summed E-state index contributed by atoms with van der Waals surface area (Å²) in [5.41, 5.74) is 0.980. The van der Waals surface area contributed by atoms with Crippen molar-refractivity contribution in [2.45, 2.75) is 44.1 Å². The summed E-state index contributed by atoms with van der Waals surface area (Å²) in [6.45, 7) is 6.55. The Kier molecular flexibility index (Phi) is 3.44. The molecule has 0 spiro atoms. The van der Waals surface area contributed by atoms with Crippen LogP contribution in [0, 0.1) is 5.92 Å². The largest absolute Gasteiger partial charge is 0.411 e. The van der Waals surface area contributed by atoms with Gasteiger partial charge in [0.25, 0.3) is 0 Å². The molecule has 3 heteroatoms. The molecule has 70 valence electrons. The average molecular weight is 187 g/mol. The number of hydrogen-bond donors (Lipinski definition) is 1. The van der Waals surface area contributed by atoms with Gasteiger partial charge in [-0.05, 0) is 6.42 Å². The van der Waals surface area contributed by atoms with E-state index >= 15 is 0 Å². The number of oxime groups is 1. The minimum Gasteiger partial charge on any atom is -0.411 e. The quantitative estimate of drug-likeness (QED) is 0.505. The van der Waals surface area contributed by atoms with Crippen LogP contribution < -0.4 is 0 Å². The van der Waals surface area contributed by atoms with Crippen molar-refractivity contribution in [3.8, 4) is 0 Å². The molecule has 1 rings (SSSR count). The van der Waals surface area contributed by atoms with Crippen molar-refractivity contribution < 1.29 is 5.21 Å². The Labute approximate surface area is 78.4 Å². The van der Waals surface area contributed by atoms with Crippen molar-refractivity contribution in [1.29, 1.82) is 0 Å². The highest BCUT2D eigenvalue weighted by molar-refractivity contribution is 8.00. The molecule has 3 unspecified atom stereocenters. The highest BCUT2D eigenvalue weighted by atomic mass is 32.2. The Bertz CT molecular complexity index is 181. The first-order valence-electron chi connectivity index (χ1n) is 4.55. The zero-order valence-electron chi connectivity index (χ0n) is 7.95. The molecule has 0 bridgehead atoms. The third-order valence-electron chi connectivity index (χ3n) is 2.52. The van der Waals surface area contributed by atoms with E-state index in [9.17, 15) is 0 Å². The van der Waals surface area contributed by atoms with Crippen molar-refractivity contribution in [2.24, 2.45) is 11.1 Å². The molecule has 0 aromatic rings. The van der Waals surface area contributed by atoms with Gasteiger partial charge in [0, 0.05) is 22.8 Å².